The standard InChI is InChI=1S/C13H6Br2ClFO/c14-8-2-1-3-10(16)12(8)13(18)7-4-5-11(17)9(15)6-7/h1-6H. The smallest absolute Gasteiger partial charge is 0.195 e. The lowest BCUT2D eigenvalue weighted by Crippen LogP contribution is -2.03. The fraction of sp³-hybridized carbons (Fsp3) is 0. The van der Waals surface area contributed by atoms with Gasteiger partial charge in [0.15, 0.2) is 5.78 Å². The molecule has 0 aliphatic carbocycles. The highest BCUT2D eigenvalue weighted by Crippen LogP contribution is 2.28. The number of hydrogen-bond donors (Lipinski definition) is 0. The number of carbonyl (C=O) groups is 1. The van der Waals surface area contributed by atoms with Crippen LogP contribution in [0.5, 0.6) is 0 Å². The van der Waals surface area contributed by atoms with Gasteiger partial charge in [0, 0.05) is 10.0 Å². The second kappa shape index (κ2) is 5.51. The molecule has 0 atom stereocenters. The summed E-state index contributed by atoms with van der Waals surface area (Å²) in [7, 11) is 0. The van der Waals surface area contributed by atoms with E-state index in [0.29, 0.717) is 20.6 Å². The van der Waals surface area contributed by atoms with E-state index in [1.54, 1.807) is 18.2 Å². The van der Waals surface area contributed by atoms with Gasteiger partial charge in [0.25, 0.3) is 0 Å². The maximum atomic E-state index is 13.1. The molecular weight excluding hydrogens is 386 g/mol. The first-order valence-corrected chi connectivity index (χ1v) is 6.91. The van der Waals surface area contributed by atoms with Crippen LogP contribution in [0.2, 0.25) is 5.02 Å². The van der Waals surface area contributed by atoms with Gasteiger partial charge in [-0.2, -0.15) is 0 Å². The Morgan fingerprint density at radius 3 is 2.44 bits per heavy atom. The molecule has 0 amide bonds. The number of halogens is 4. The van der Waals surface area contributed by atoms with Crippen LogP contribution in [0.15, 0.2) is 45.3 Å². The van der Waals surface area contributed by atoms with E-state index >= 15 is 0 Å². The van der Waals surface area contributed by atoms with Gasteiger partial charge >= 0.3 is 0 Å². The molecule has 0 aliphatic rings. The van der Waals surface area contributed by atoms with Crippen LogP contribution in [0.25, 0.3) is 0 Å². The highest BCUT2D eigenvalue weighted by atomic mass is 79.9. The third kappa shape index (κ3) is 2.66. The third-order valence-electron chi connectivity index (χ3n) is 2.37. The highest BCUT2D eigenvalue weighted by molar-refractivity contribution is 9.10. The third-order valence-corrected chi connectivity index (χ3v) is 3.96. The lowest BCUT2D eigenvalue weighted by Gasteiger charge is -2.06. The van der Waals surface area contributed by atoms with Crippen molar-refractivity contribution in [2.75, 3.05) is 0 Å². The molecule has 1 nitrogen and oxygen atoms in total. The van der Waals surface area contributed by atoms with E-state index in [1.807, 2.05) is 0 Å². The summed E-state index contributed by atoms with van der Waals surface area (Å²) in [4.78, 5) is 12.3. The molecule has 0 saturated heterocycles. The van der Waals surface area contributed by atoms with Crippen molar-refractivity contribution in [3.8, 4) is 0 Å². The van der Waals surface area contributed by atoms with Gasteiger partial charge in [-0.1, -0.05) is 17.7 Å². The Labute approximate surface area is 125 Å². The number of rotatable bonds is 2. The van der Waals surface area contributed by atoms with Gasteiger partial charge in [-0.3, -0.25) is 4.79 Å². The average Bonchev–Trinajstić information content (AvgIpc) is 2.32. The molecule has 0 heterocycles. The molecule has 0 aromatic heterocycles. The molecule has 2 aromatic rings. The lowest BCUT2D eigenvalue weighted by molar-refractivity contribution is 0.103. The van der Waals surface area contributed by atoms with Crippen molar-refractivity contribution >= 4 is 49.2 Å². The molecule has 0 N–H and O–H groups in total. The molecule has 0 spiro atoms. The zero-order valence-corrected chi connectivity index (χ0v) is 12.8. The predicted octanol–water partition coefficient (Wildman–Crippen LogP) is 5.24. The van der Waals surface area contributed by atoms with Crippen molar-refractivity contribution in [3.63, 3.8) is 0 Å². The highest BCUT2D eigenvalue weighted by Gasteiger charge is 2.17. The summed E-state index contributed by atoms with van der Waals surface area (Å²) in [5.41, 5.74) is 0.745. The Bertz CT molecular complexity index is 608. The van der Waals surface area contributed by atoms with Crippen LogP contribution in [0.4, 0.5) is 4.39 Å². The Balaban J connectivity index is 2.51. The van der Waals surface area contributed by atoms with Gasteiger partial charge in [-0.05, 0) is 62.2 Å². The fourth-order valence-electron chi connectivity index (χ4n) is 1.50. The summed E-state index contributed by atoms with van der Waals surface area (Å²) in [6.45, 7) is 0. The maximum absolute atomic E-state index is 13.1. The van der Waals surface area contributed by atoms with E-state index in [-0.39, 0.29) is 10.3 Å². The second-order valence-electron chi connectivity index (χ2n) is 3.55. The zero-order chi connectivity index (χ0) is 13.3. The van der Waals surface area contributed by atoms with Crippen molar-refractivity contribution in [2.24, 2.45) is 0 Å². The van der Waals surface area contributed by atoms with Gasteiger partial charge in [-0.25, -0.2) is 4.39 Å². The van der Waals surface area contributed by atoms with Crippen LogP contribution in [-0.2, 0) is 0 Å². The average molecular weight is 392 g/mol. The van der Waals surface area contributed by atoms with Crippen molar-refractivity contribution in [1.29, 1.82) is 0 Å². The Morgan fingerprint density at radius 1 is 1.11 bits per heavy atom. The van der Waals surface area contributed by atoms with Crippen molar-refractivity contribution in [1.82, 2.24) is 0 Å². The van der Waals surface area contributed by atoms with E-state index in [0.717, 1.165) is 0 Å². The van der Waals surface area contributed by atoms with E-state index < -0.39 is 5.82 Å². The number of carbonyl (C=O) groups excluding carboxylic acids is 1. The zero-order valence-electron chi connectivity index (χ0n) is 8.88. The lowest BCUT2D eigenvalue weighted by atomic mass is 10.0. The summed E-state index contributed by atoms with van der Waals surface area (Å²) in [5.74, 6) is -0.669. The Hall–Kier alpha value is -0.710. The van der Waals surface area contributed by atoms with Gasteiger partial charge in [-0.15, -0.1) is 0 Å². The summed E-state index contributed by atoms with van der Waals surface area (Å²) in [5, 5.41) is 0.356. The monoisotopic (exact) mass is 390 g/mol. The van der Waals surface area contributed by atoms with Crippen LogP contribution in [0.1, 0.15) is 15.9 Å². The molecule has 0 unspecified atom stereocenters. The van der Waals surface area contributed by atoms with E-state index in [9.17, 15) is 9.18 Å². The molecule has 0 radical (unpaired) electrons. The van der Waals surface area contributed by atoms with Crippen LogP contribution in [0, 0.1) is 5.82 Å². The van der Waals surface area contributed by atoms with Crippen LogP contribution in [-0.4, -0.2) is 5.78 Å². The molecule has 92 valence electrons. The quantitative estimate of drug-likeness (QED) is 0.639. The van der Waals surface area contributed by atoms with Crippen molar-refractivity contribution in [2.45, 2.75) is 0 Å². The van der Waals surface area contributed by atoms with E-state index in [2.05, 4.69) is 31.9 Å². The minimum Gasteiger partial charge on any atom is -0.289 e. The van der Waals surface area contributed by atoms with Gasteiger partial charge in [0.2, 0.25) is 0 Å². The van der Waals surface area contributed by atoms with Gasteiger partial charge < -0.3 is 0 Å². The molecule has 0 saturated carbocycles. The van der Waals surface area contributed by atoms with Gasteiger partial charge in [0.1, 0.15) is 5.82 Å². The minimum absolute atomic E-state index is 0.247. The molecule has 0 fully saturated rings. The summed E-state index contributed by atoms with van der Waals surface area (Å²) >= 11 is 12.3. The normalized spacial score (nSPS) is 10.4. The SMILES string of the molecule is O=C(c1ccc(F)c(Br)c1)c1c(Cl)cccc1Br. The number of hydrogen-bond acceptors (Lipinski definition) is 1. The first kappa shape index (κ1) is 13.7. The van der Waals surface area contributed by atoms with Crippen molar-refractivity contribution < 1.29 is 9.18 Å². The molecular formula is C13H6Br2ClFO. The molecule has 2 aromatic carbocycles. The predicted molar refractivity (Wildman–Crippen MR) is 76.7 cm³/mol. The topological polar surface area (TPSA) is 17.1 Å². The molecule has 5 heteroatoms. The van der Waals surface area contributed by atoms with E-state index in [4.69, 9.17) is 11.6 Å². The summed E-state index contributed by atoms with van der Waals surface area (Å²) in [6, 6.07) is 9.22. The fourth-order valence-corrected chi connectivity index (χ4v) is 2.80. The largest absolute Gasteiger partial charge is 0.289 e. The summed E-state index contributed by atoms with van der Waals surface area (Å²) in [6.07, 6.45) is 0. The number of benzene rings is 2. The minimum atomic E-state index is -0.412. The van der Waals surface area contributed by atoms with E-state index in [1.165, 1.54) is 18.2 Å². The molecule has 18 heavy (non-hydrogen) atoms. The Morgan fingerprint density at radius 2 is 1.83 bits per heavy atom. The molecule has 0 bridgehead atoms. The first-order valence-electron chi connectivity index (χ1n) is 4.94. The second-order valence-corrected chi connectivity index (χ2v) is 5.67. The first-order chi connectivity index (χ1) is 8.50. The molecule has 2 rings (SSSR count). The summed E-state index contributed by atoms with van der Waals surface area (Å²) < 4.78 is 14.0. The molecule has 0 aliphatic heterocycles. The Kier molecular flexibility index (Phi) is 4.20. The van der Waals surface area contributed by atoms with Crippen LogP contribution in [0.3, 0.4) is 0 Å². The maximum Gasteiger partial charge on any atom is 0.195 e. The number of ketones is 1. The van der Waals surface area contributed by atoms with Crippen molar-refractivity contribution in [3.05, 3.63) is 67.3 Å². The van der Waals surface area contributed by atoms with Crippen LogP contribution >= 0.6 is 43.5 Å². The van der Waals surface area contributed by atoms with Crippen LogP contribution < -0.4 is 0 Å². The van der Waals surface area contributed by atoms with Gasteiger partial charge in [0.05, 0.1) is 15.1 Å².